The Morgan fingerprint density at radius 2 is 1.67 bits per heavy atom. The molecule has 0 saturated heterocycles. The molecule has 1 N–H and O–H groups in total. The van der Waals surface area contributed by atoms with Crippen LogP contribution in [0.25, 0.3) is 0 Å². The van der Waals surface area contributed by atoms with Crippen LogP contribution in [0.2, 0.25) is 0 Å². The van der Waals surface area contributed by atoms with Crippen LogP contribution in [0.5, 0.6) is 0 Å². The van der Waals surface area contributed by atoms with Crippen LogP contribution in [0.3, 0.4) is 0 Å². The van der Waals surface area contributed by atoms with E-state index in [1.807, 2.05) is 6.08 Å². The molecule has 3 heteroatoms. The summed E-state index contributed by atoms with van der Waals surface area (Å²) in [5, 5.41) is 10.1. The van der Waals surface area contributed by atoms with Gasteiger partial charge in [0.25, 0.3) is 0 Å². The maximum atomic E-state index is 13.1. The van der Waals surface area contributed by atoms with Gasteiger partial charge in [0.05, 0.1) is 6.10 Å². The van der Waals surface area contributed by atoms with E-state index in [0.717, 1.165) is 19.3 Å². The molecule has 3 saturated carbocycles. The minimum atomic E-state index is -0.238. The minimum absolute atomic E-state index is 0. The summed E-state index contributed by atoms with van der Waals surface area (Å²) in [6, 6.07) is 0. The normalized spacial score (nSPS) is 49.4. The number of allylic oxidation sites excluding steroid dienone is 1. The zero-order valence-electron chi connectivity index (χ0n) is 15.8. The fourth-order valence-electron chi connectivity index (χ4n) is 6.88. The summed E-state index contributed by atoms with van der Waals surface area (Å²) in [7, 11) is 0. The van der Waals surface area contributed by atoms with E-state index in [0.29, 0.717) is 28.4 Å². The van der Waals surface area contributed by atoms with Crippen LogP contribution in [-0.2, 0) is 4.79 Å². The number of aliphatic hydroxyl groups excluding tert-OH is 1. The molecular formula is C21H32AcO2. The fraction of sp³-hybridized carbons (Fsp3) is 0.857. The Morgan fingerprint density at radius 1 is 1.00 bits per heavy atom. The van der Waals surface area contributed by atoms with E-state index in [1.54, 1.807) is 0 Å². The van der Waals surface area contributed by atoms with Gasteiger partial charge in [-0.2, -0.15) is 0 Å². The zero-order valence-corrected chi connectivity index (χ0v) is 20.5. The number of fused-ring (bicyclic) bond motifs is 5. The van der Waals surface area contributed by atoms with Crippen LogP contribution >= 0.6 is 0 Å². The second-order valence-corrected chi connectivity index (χ2v) is 10.0. The molecule has 4 aliphatic rings. The third-order valence-corrected chi connectivity index (χ3v) is 8.94. The average Bonchev–Trinajstić information content (AvgIpc) is 2.72. The molecule has 6 atom stereocenters. The summed E-state index contributed by atoms with van der Waals surface area (Å²) in [5.41, 5.74) is 2.09. The Kier molecular flexibility index (Phi) is 5.03. The monoisotopic (exact) mass is 543 g/mol. The van der Waals surface area contributed by atoms with Crippen LogP contribution < -0.4 is 0 Å². The molecule has 0 aromatic rings. The molecule has 1 radical (unpaired) electrons. The van der Waals surface area contributed by atoms with Gasteiger partial charge in [-0.1, -0.05) is 33.3 Å². The first-order valence-corrected chi connectivity index (χ1v) is 9.62. The molecule has 131 valence electrons. The maximum Gasteiger partial charge on any atom is 0.159 e. The van der Waals surface area contributed by atoms with Crippen molar-refractivity contribution >= 4 is 5.78 Å². The summed E-state index contributed by atoms with van der Waals surface area (Å²) < 4.78 is 0. The first-order valence-electron chi connectivity index (χ1n) is 9.62. The first-order chi connectivity index (χ1) is 10.7. The van der Waals surface area contributed by atoms with Gasteiger partial charge in [0, 0.05) is 50.0 Å². The van der Waals surface area contributed by atoms with E-state index in [9.17, 15) is 9.90 Å². The van der Waals surface area contributed by atoms with Gasteiger partial charge in [0.15, 0.2) is 5.78 Å². The SMILES string of the molecule is CC1(C)CCC2C3C(=O)C=C4CC(O)CC[C@]4(C)C3CC[C@@]21C.[Ac]. The second-order valence-electron chi connectivity index (χ2n) is 10.0. The van der Waals surface area contributed by atoms with Crippen molar-refractivity contribution in [2.75, 3.05) is 0 Å². The molecule has 0 aromatic carbocycles. The van der Waals surface area contributed by atoms with E-state index in [-0.39, 0.29) is 61.5 Å². The summed E-state index contributed by atoms with van der Waals surface area (Å²) in [4.78, 5) is 13.1. The van der Waals surface area contributed by atoms with Crippen LogP contribution in [0, 0.1) is 78.1 Å². The number of carbonyl (C=O) groups excluding carboxylic acids is 1. The Hall–Kier alpha value is 0.812. The van der Waals surface area contributed by atoms with Crippen molar-refractivity contribution in [3.63, 3.8) is 0 Å². The van der Waals surface area contributed by atoms with Crippen molar-refractivity contribution in [1.82, 2.24) is 0 Å². The third-order valence-electron chi connectivity index (χ3n) is 8.94. The van der Waals surface area contributed by atoms with Gasteiger partial charge in [-0.15, -0.1) is 0 Å². The van der Waals surface area contributed by atoms with E-state index >= 15 is 0 Å². The van der Waals surface area contributed by atoms with Gasteiger partial charge >= 0.3 is 0 Å². The number of hydrogen-bond donors (Lipinski definition) is 1. The van der Waals surface area contributed by atoms with E-state index in [4.69, 9.17) is 0 Å². The summed E-state index contributed by atoms with van der Waals surface area (Å²) >= 11 is 0. The van der Waals surface area contributed by atoms with E-state index in [1.165, 1.54) is 31.3 Å². The van der Waals surface area contributed by atoms with Crippen molar-refractivity contribution in [1.29, 1.82) is 0 Å². The largest absolute Gasteiger partial charge is 0.393 e. The molecule has 4 unspecified atom stereocenters. The number of aliphatic hydroxyl groups is 1. The molecule has 4 aliphatic carbocycles. The zero-order chi connectivity index (χ0) is 16.6. The van der Waals surface area contributed by atoms with Crippen molar-refractivity contribution in [3.05, 3.63) is 11.6 Å². The molecule has 0 amide bonds. The quantitative estimate of drug-likeness (QED) is 0.488. The summed E-state index contributed by atoms with van der Waals surface area (Å²) in [5.74, 6) is 1.68. The number of hydrogen-bond acceptors (Lipinski definition) is 2. The Labute approximate surface area is 182 Å². The molecule has 0 heterocycles. The molecule has 24 heavy (non-hydrogen) atoms. The molecule has 0 spiro atoms. The van der Waals surface area contributed by atoms with Crippen molar-refractivity contribution in [3.8, 4) is 0 Å². The van der Waals surface area contributed by atoms with Crippen LogP contribution in [-0.4, -0.2) is 17.0 Å². The first kappa shape index (κ1) is 19.6. The van der Waals surface area contributed by atoms with Crippen LogP contribution in [0.4, 0.5) is 0 Å². The predicted octanol–water partition coefficient (Wildman–Crippen LogP) is 4.52. The van der Waals surface area contributed by atoms with Gasteiger partial charge in [-0.3, -0.25) is 4.79 Å². The summed E-state index contributed by atoms with van der Waals surface area (Å²) in [6.07, 6.45) is 9.34. The number of rotatable bonds is 0. The molecule has 0 aliphatic heterocycles. The van der Waals surface area contributed by atoms with Crippen LogP contribution in [0.15, 0.2) is 11.6 Å². The number of carbonyl (C=O) groups is 1. The van der Waals surface area contributed by atoms with Gasteiger partial charge in [-0.05, 0) is 79.1 Å². The molecule has 2 nitrogen and oxygen atoms in total. The smallest absolute Gasteiger partial charge is 0.159 e. The Balaban J connectivity index is 0.00000169. The van der Waals surface area contributed by atoms with E-state index < -0.39 is 0 Å². The molecule has 3 fully saturated rings. The molecule has 4 rings (SSSR count). The van der Waals surface area contributed by atoms with Gasteiger partial charge < -0.3 is 5.11 Å². The number of ketones is 1. The maximum absolute atomic E-state index is 13.1. The minimum Gasteiger partial charge on any atom is -0.393 e. The van der Waals surface area contributed by atoms with Gasteiger partial charge in [0.2, 0.25) is 0 Å². The van der Waals surface area contributed by atoms with E-state index in [2.05, 4.69) is 27.7 Å². The van der Waals surface area contributed by atoms with Gasteiger partial charge in [-0.25, -0.2) is 0 Å². The molecular weight excluding hydrogens is 511 g/mol. The standard InChI is InChI=1S/C21H32O2.Ac/c1-19(2)8-6-16-18-15(7-10-21(16,19)4)20(3)9-5-14(22)11-13(20)12-17(18)23;/h12,14-16,18,22H,5-11H2,1-4H3;/t14?,15?,16?,18?,20-,21-;/m0./s1. The topological polar surface area (TPSA) is 37.3 Å². The third kappa shape index (κ3) is 2.51. The van der Waals surface area contributed by atoms with Crippen molar-refractivity contribution < 1.29 is 54.0 Å². The fourth-order valence-corrected chi connectivity index (χ4v) is 6.88. The molecule has 0 bridgehead atoms. The van der Waals surface area contributed by atoms with Crippen molar-refractivity contribution in [2.24, 2.45) is 34.0 Å². The molecule has 0 aromatic heterocycles. The van der Waals surface area contributed by atoms with Crippen LogP contribution in [0.1, 0.15) is 72.6 Å². The Morgan fingerprint density at radius 3 is 2.38 bits per heavy atom. The van der Waals surface area contributed by atoms with Gasteiger partial charge in [0.1, 0.15) is 0 Å². The average molecular weight is 543 g/mol. The Bertz CT molecular complexity index is 580. The summed E-state index contributed by atoms with van der Waals surface area (Å²) in [6.45, 7) is 9.68. The van der Waals surface area contributed by atoms with Crippen molar-refractivity contribution in [2.45, 2.75) is 78.7 Å². The second kappa shape index (κ2) is 6.17. The predicted molar refractivity (Wildman–Crippen MR) is 91.9 cm³/mol.